The molecule has 0 heterocycles. The lowest BCUT2D eigenvalue weighted by atomic mass is 9.76. The van der Waals surface area contributed by atoms with E-state index in [0.717, 1.165) is 51.3 Å². The van der Waals surface area contributed by atoms with E-state index in [1.807, 2.05) is 0 Å². The van der Waals surface area contributed by atoms with E-state index in [1.165, 1.54) is 44.5 Å². The second kappa shape index (κ2) is 16.5. The first-order chi connectivity index (χ1) is 24.6. The summed E-state index contributed by atoms with van der Waals surface area (Å²) in [6, 6.07) is 18.3. The largest absolute Gasteiger partial charge is 0.129 e. The van der Waals surface area contributed by atoms with Crippen LogP contribution in [0.5, 0.6) is 0 Å². The van der Waals surface area contributed by atoms with E-state index in [0.29, 0.717) is 0 Å². The minimum atomic E-state index is -1.59. The van der Waals surface area contributed by atoms with Crippen molar-refractivity contribution in [3.05, 3.63) is 133 Å². The summed E-state index contributed by atoms with van der Waals surface area (Å²) < 4.78 is 3.98. The summed E-state index contributed by atoms with van der Waals surface area (Å²) in [5.41, 5.74) is 23.7. The van der Waals surface area contributed by atoms with Crippen molar-refractivity contribution >= 4 is 91.0 Å². The monoisotopic (exact) mass is 1000 g/mol. The third-order valence-electron chi connectivity index (χ3n) is 9.30. The highest BCUT2D eigenvalue weighted by Crippen LogP contribution is 2.50. The van der Waals surface area contributed by atoms with E-state index in [4.69, 9.17) is 0 Å². The number of hydrogen-bond acceptors (Lipinski definition) is 0. The van der Waals surface area contributed by atoms with Crippen LogP contribution in [0.4, 0.5) is 0 Å². The van der Waals surface area contributed by atoms with Crippen LogP contribution < -0.4 is 0 Å². The van der Waals surface area contributed by atoms with Crippen LogP contribution >= 0.6 is 63.7 Å². The van der Waals surface area contributed by atoms with Crippen LogP contribution in [0.25, 0.3) is 11.1 Å². The summed E-state index contributed by atoms with van der Waals surface area (Å²) >= 11 is 16.5. The molecule has 54 heavy (non-hydrogen) atoms. The van der Waals surface area contributed by atoms with Crippen molar-refractivity contribution in [3.8, 4) is 22.9 Å². The van der Waals surface area contributed by atoms with Gasteiger partial charge in [0.15, 0.2) is 0 Å². The van der Waals surface area contributed by atoms with Gasteiger partial charge >= 0.3 is 0 Å². The van der Waals surface area contributed by atoms with Crippen molar-refractivity contribution in [1.29, 1.82) is 0 Å². The van der Waals surface area contributed by atoms with Crippen LogP contribution in [-0.4, -0.2) is 16.1 Å². The Morgan fingerprint density at radius 3 is 0.870 bits per heavy atom. The van der Waals surface area contributed by atoms with Gasteiger partial charge in [-0.25, -0.2) is 0 Å². The summed E-state index contributed by atoms with van der Waals surface area (Å²) in [4.78, 5) is 0. The fraction of sp³-hybridized carbons (Fsp3) is 0.375. The third-order valence-corrected chi connectivity index (χ3v) is 13.5. The van der Waals surface area contributed by atoms with Gasteiger partial charge in [0.2, 0.25) is 0 Å². The molecule has 0 aliphatic heterocycles. The molecule has 6 heteroatoms. The molecular weight excluding hydrogens is 952 g/mol. The Bertz CT molecular complexity index is 2040. The summed E-state index contributed by atoms with van der Waals surface area (Å²) in [5.74, 6) is 7.02. The average Bonchev–Trinajstić information content (AvgIpc) is 2.98. The number of rotatable bonds is 4. The molecule has 0 atom stereocenters. The van der Waals surface area contributed by atoms with Gasteiger partial charge in [0.25, 0.3) is 0 Å². The van der Waals surface area contributed by atoms with Crippen molar-refractivity contribution < 1.29 is 0 Å². The van der Waals surface area contributed by atoms with Gasteiger partial charge in [-0.3, -0.25) is 0 Å². The smallest absolute Gasteiger partial charge is 0.127 e. The maximum absolute atomic E-state index is 4.13. The Kier molecular flexibility index (Phi) is 13.7. The van der Waals surface area contributed by atoms with Crippen molar-refractivity contribution in [2.24, 2.45) is 0 Å². The van der Waals surface area contributed by atoms with Gasteiger partial charge in [0, 0.05) is 51.3 Å². The second-order valence-corrected chi connectivity index (χ2v) is 31.8. The minimum absolute atomic E-state index is 0.00735. The van der Waals surface area contributed by atoms with Gasteiger partial charge in [-0.2, -0.15) is 0 Å². The Labute approximate surface area is 363 Å². The second-order valence-electron chi connectivity index (χ2n) is 18.8. The molecule has 284 valence electrons. The molecule has 4 rings (SSSR count). The molecule has 0 aromatic heterocycles. The van der Waals surface area contributed by atoms with Gasteiger partial charge in [0.05, 0.1) is 0 Å². The summed E-state index contributed by atoms with van der Waals surface area (Å²) in [6.45, 7) is 36.5. The van der Waals surface area contributed by atoms with Crippen LogP contribution in [-0.2, 0) is 10.8 Å². The van der Waals surface area contributed by atoms with Crippen LogP contribution in [0.2, 0.25) is 39.3 Å². The highest BCUT2D eigenvalue weighted by atomic mass is 79.9. The molecule has 0 fully saturated rings. The molecule has 0 spiro atoms. The molecule has 4 aromatic carbocycles. The van der Waals surface area contributed by atoms with E-state index >= 15 is 0 Å². The first-order valence-corrected chi connectivity index (χ1v) is 28.8. The molecule has 0 unspecified atom stereocenters. The van der Waals surface area contributed by atoms with E-state index in [1.54, 1.807) is 0 Å². The highest BCUT2D eigenvalue weighted by Gasteiger charge is 2.30. The summed E-state index contributed by atoms with van der Waals surface area (Å²) in [7, 11) is -3.18. The quantitative estimate of drug-likeness (QED) is 0.109. The van der Waals surface area contributed by atoms with Crippen LogP contribution in [0.1, 0.15) is 108 Å². The average molecular weight is 1010 g/mol. The fourth-order valence-corrected chi connectivity index (χ4v) is 10.8. The number of halogens is 4. The lowest BCUT2D eigenvalue weighted by Gasteiger charge is -2.29. The first kappa shape index (κ1) is 44.8. The van der Waals surface area contributed by atoms with Gasteiger partial charge in [-0.1, -0.05) is 181 Å². The molecule has 0 aliphatic carbocycles. The molecule has 0 bridgehead atoms. The Morgan fingerprint density at radius 1 is 0.426 bits per heavy atom. The maximum Gasteiger partial charge on any atom is 0.129 e. The fourth-order valence-electron chi connectivity index (χ4n) is 6.62. The number of hydrogen-bond donors (Lipinski definition) is 0. The van der Waals surface area contributed by atoms with Crippen LogP contribution in [0, 0.1) is 50.6 Å². The van der Waals surface area contributed by atoms with Crippen molar-refractivity contribution in [2.75, 3.05) is 0 Å². The van der Waals surface area contributed by atoms with Gasteiger partial charge in [0.1, 0.15) is 16.1 Å². The predicted octanol–water partition coefficient (Wildman–Crippen LogP) is 16.0. The molecule has 0 nitrogen and oxygen atoms in total. The Morgan fingerprint density at radius 2 is 0.667 bits per heavy atom. The van der Waals surface area contributed by atoms with E-state index in [2.05, 4.69) is 244 Å². The Hall–Kier alpha value is -1.91. The zero-order valence-corrected chi connectivity index (χ0v) is 43.5. The van der Waals surface area contributed by atoms with Crippen molar-refractivity contribution in [3.63, 3.8) is 0 Å². The molecule has 0 saturated heterocycles. The molecule has 0 N–H and O–H groups in total. The van der Waals surface area contributed by atoms with Gasteiger partial charge in [-0.05, 0) is 107 Å². The zero-order chi connectivity index (χ0) is 40.9. The molecular formula is C48H56Br4Si2. The predicted molar refractivity (Wildman–Crippen MR) is 258 cm³/mol. The van der Waals surface area contributed by atoms with Gasteiger partial charge < -0.3 is 0 Å². The summed E-state index contributed by atoms with van der Waals surface area (Å²) in [5, 5.41) is 0. The third kappa shape index (κ3) is 10.7. The normalized spacial score (nSPS) is 12.8. The van der Waals surface area contributed by atoms with Crippen molar-refractivity contribution in [1.82, 2.24) is 0 Å². The Balaban J connectivity index is 2.37. The van der Waals surface area contributed by atoms with E-state index < -0.39 is 16.1 Å². The number of benzene rings is 4. The highest BCUT2D eigenvalue weighted by molar-refractivity contribution is 9.11. The summed E-state index contributed by atoms with van der Waals surface area (Å²) in [6.07, 6.45) is 0. The van der Waals surface area contributed by atoms with E-state index in [-0.39, 0.29) is 10.8 Å². The molecule has 4 aromatic rings. The molecule has 0 amide bonds. The standard InChI is InChI=1S/C48H56Br4Si2/c1-29-21-35(47(5,6)7)22-30(2)41(29)45(43-37(49)25-33(26-38(43)50)17-19-53(11,12)13)46(42-31(3)23-36(24-32(42)4)48(8,9)10)44-39(51)27-34(28-40(44)52)18-20-54(14,15)16/h21-28H,1-16H3/b46-45+. The zero-order valence-electron chi connectivity index (χ0n) is 35.1. The maximum atomic E-state index is 4.13. The van der Waals surface area contributed by atoms with Gasteiger partial charge in [-0.15, -0.1) is 11.1 Å². The number of aryl methyl sites for hydroxylation is 4. The van der Waals surface area contributed by atoms with Crippen molar-refractivity contribution in [2.45, 2.75) is 119 Å². The topological polar surface area (TPSA) is 0 Å². The molecule has 0 radical (unpaired) electrons. The van der Waals surface area contributed by atoms with E-state index in [9.17, 15) is 0 Å². The van der Waals surface area contributed by atoms with Crippen LogP contribution in [0.3, 0.4) is 0 Å². The molecule has 0 saturated carbocycles. The van der Waals surface area contributed by atoms with Crippen LogP contribution in [0.15, 0.2) is 66.4 Å². The first-order valence-electron chi connectivity index (χ1n) is 18.6. The molecule has 0 aliphatic rings. The lowest BCUT2D eigenvalue weighted by molar-refractivity contribution is 0.589. The minimum Gasteiger partial charge on any atom is -0.127 e. The SMILES string of the molecule is Cc1cc(C(C)(C)C)cc(C)c1/C(=C(/c1c(C)cc(C(C)(C)C)cc1C)c1c(Br)cc(C#C[Si](C)(C)C)cc1Br)c1c(Br)cc(C#C[Si](C)(C)C)cc1Br. The lowest BCUT2D eigenvalue weighted by Crippen LogP contribution is -2.16.